The minimum absolute atomic E-state index is 0.0398. The molecule has 1 aromatic carbocycles. The van der Waals surface area contributed by atoms with Crippen LogP contribution in [0.15, 0.2) is 41.3 Å². The summed E-state index contributed by atoms with van der Waals surface area (Å²) < 4.78 is 60.8. The van der Waals surface area contributed by atoms with E-state index >= 15 is 0 Å². The van der Waals surface area contributed by atoms with Gasteiger partial charge in [0.05, 0.1) is 5.75 Å². The third-order valence-corrected chi connectivity index (χ3v) is 4.43. The molecular weight excluding hydrogens is 277 g/mol. The van der Waals surface area contributed by atoms with Crippen molar-refractivity contribution in [1.29, 1.82) is 0 Å². The van der Waals surface area contributed by atoms with E-state index in [9.17, 15) is 21.6 Å². The number of alkyl halides is 3. The standard InChI is InChI=1S/C13H15F3O2S/c1-2-19(17,18)12(13(14,15)16)10-6-9-11-7-4-3-5-8-11/h3-5,7-8,10H,2,6,9H2,1H3/b12-10-. The maximum Gasteiger partial charge on any atom is 0.426 e. The first-order valence-corrected chi connectivity index (χ1v) is 7.46. The molecule has 2 nitrogen and oxygen atoms in total. The summed E-state index contributed by atoms with van der Waals surface area (Å²) in [7, 11) is -4.24. The SMILES string of the molecule is CCS(=O)(=O)/C(=C\CCc1ccccc1)C(F)(F)F. The van der Waals surface area contributed by atoms with Crippen LogP contribution in [0, 0.1) is 0 Å². The van der Waals surface area contributed by atoms with Gasteiger partial charge in [-0.05, 0) is 18.4 Å². The average Bonchev–Trinajstić information content (AvgIpc) is 2.34. The first kappa shape index (κ1) is 15.8. The summed E-state index contributed by atoms with van der Waals surface area (Å²) in [6.45, 7) is 1.20. The Morgan fingerprint density at radius 3 is 2.26 bits per heavy atom. The fourth-order valence-corrected chi connectivity index (χ4v) is 2.62. The molecule has 1 rings (SSSR count). The van der Waals surface area contributed by atoms with E-state index in [0.717, 1.165) is 11.6 Å². The number of benzene rings is 1. The molecule has 6 heteroatoms. The zero-order valence-corrected chi connectivity index (χ0v) is 11.3. The smallest absolute Gasteiger partial charge is 0.224 e. The van der Waals surface area contributed by atoms with E-state index in [2.05, 4.69) is 0 Å². The Morgan fingerprint density at radius 1 is 1.21 bits per heavy atom. The van der Waals surface area contributed by atoms with Crippen LogP contribution in [0.2, 0.25) is 0 Å². The number of rotatable bonds is 5. The molecule has 0 amide bonds. The van der Waals surface area contributed by atoms with Crippen LogP contribution in [0.4, 0.5) is 13.2 Å². The zero-order chi connectivity index (χ0) is 14.5. The van der Waals surface area contributed by atoms with Crippen LogP contribution in [0.25, 0.3) is 0 Å². The molecule has 0 heterocycles. The molecule has 0 saturated heterocycles. The molecule has 0 unspecified atom stereocenters. The van der Waals surface area contributed by atoms with Crippen molar-refractivity contribution in [2.45, 2.75) is 25.9 Å². The van der Waals surface area contributed by atoms with Crippen LogP contribution >= 0.6 is 0 Å². The number of halogens is 3. The normalized spacial score (nSPS) is 13.6. The third kappa shape index (κ3) is 4.70. The van der Waals surface area contributed by atoms with Crippen molar-refractivity contribution in [1.82, 2.24) is 0 Å². The van der Waals surface area contributed by atoms with Crippen LogP contribution in [0.1, 0.15) is 18.9 Å². The van der Waals surface area contributed by atoms with Crippen molar-refractivity contribution >= 4 is 9.84 Å². The quantitative estimate of drug-likeness (QED) is 0.832. The molecule has 0 radical (unpaired) electrons. The molecule has 0 atom stereocenters. The van der Waals surface area contributed by atoms with Crippen molar-refractivity contribution in [3.05, 3.63) is 46.9 Å². The van der Waals surface area contributed by atoms with Crippen molar-refractivity contribution in [3.8, 4) is 0 Å². The molecule has 0 aliphatic rings. The molecule has 0 aliphatic heterocycles. The maximum absolute atomic E-state index is 12.7. The van der Waals surface area contributed by atoms with Crippen LogP contribution in [-0.4, -0.2) is 20.3 Å². The van der Waals surface area contributed by atoms with Gasteiger partial charge in [-0.25, -0.2) is 8.42 Å². The molecule has 0 bridgehead atoms. The Balaban J connectivity index is 2.86. The summed E-state index contributed by atoms with van der Waals surface area (Å²) in [6, 6.07) is 8.95. The molecule has 106 valence electrons. The Hall–Kier alpha value is -1.30. The number of sulfone groups is 1. The number of hydrogen-bond acceptors (Lipinski definition) is 2. The fraction of sp³-hybridized carbons (Fsp3) is 0.385. The lowest BCUT2D eigenvalue weighted by Gasteiger charge is -2.11. The second-order valence-corrected chi connectivity index (χ2v) is 6.24. The monoisotopic (exact) mass is 292 g/mol. The Labute approximate surface area is 110 Å². The van der Waals surface area contributed by atoms with Gasteiger partial charge in [0.1, 0.15) is 4.91 Å². The predicted molar refractivity (Wildman–Crippen MR) is 68.4 cm³/mol. The lowest BCUT2D eigenvalue weighted by Crippen LogP contribution is -2.22. The Bertz CT molecular complexity index is 531. The summed E-state index contributed by atoms with van der Waals surface area (Å²) in [4.78, 5) is -1.43. The van der Waals surface area contributed by atoms with Gasteiger partial charge in [0, 0.05) is 0 Å². The van der Waals surface area contributed by atoms with Crippen LogP contribution in [0.5, 0.6) is 0 Å². The molecular formula is C13H15F3O2S. The second kappa shape index (κ2) is 6.23. The average molecular weight is 292 g/mol. The summed E-state index contributed by atoms with van der Waals surface area (Å²) in [5.74, 6) is -0.552. The van der Waals surface area contributed by atoms with Crippen LogP contribution in [-0.2, 0) is 16.3 Å². The molecule has 1 aromatic rings. The van der Waals surface area contributed by atoms with Gasteiger partial charge >= 0.3 is 6.18 Å². The molecule has 0 fully saturated rings. The minimum atomic E-state index is -4.83. The van der Waals surface area contributed by atoms with Crippen LogP contribution in [0.3, 0.4) is 0 Å². The van der Waals surface area contributed by atoms with Crippen molar-refractivity contribution in [2.24, 2.45) is 0 Å². The highest BCUT2D eigenvalue weighted by Gasteiger charge is 2.41. The van der Waals surface area contributed by atoms with E-state index in [4.69, 9.17) is 0 Å². The number of aryl methyl sites for hydroxylation is 1. The maximum atomic E-state index is 12.7. The van der Waals surface area contributed by atoms with Crippen molar-refractivity contribution in [2.75, 3.05) is 5.75 Å². The van der Waals surface area contributed by atoms with Gasteiger partial charge in [0.15, 0.2) is 9.84 Å². The predicted octanol–water partition coefficient (Wildman–Crippen LogP) is 3.50. The van der Waals surface area contributed by atoms with Gasteiger partial charge in [-0.3, -0.25) is 0 Å². The Morgan fingerprint density at radius 2 is 1.79 bits per heavy atom. The molecule has 0 spiro atoms. The molecule has 19 heavy (non-hydrogen) atoms. The summed E-state index contributed by atoms with van der Waals surface area (Å²) in [6.07, 6.45) is -3.64. The lowest BCUT2D eigenvalue weighted by atomic mass is 10.1. The van der Waals surface area contributed by atoms with Gasteiger partial charge in [0.25, 0.3) is 0 Å². The first-order chi connectivity index (χ1) is 8.77. The van der Waals surface area contributed by atoms with E-state index in [1.165, 1.54) is 6.92 Å². The fourth-order valence-electron chi connectivity index (χ4n) is 1.59. The second-order valence-electron chi connectivity index (χ2n) is 3.99. The summed E-state index contributed by atoms with van der Waals surface area (Å²) in [5, 5.41) is 0. The third-order valence-electron chi connectivity index (χ3n) is 2.60. The largest absolute Gasteiger partial charge is 0.426 e. The van der Waals surface area contributed by atoms with E-state index in [1.807, 2.05) is 6.07 Å². The van der Waals surface area contributed by atoms with Gasteiger partial charge in [-0.1, -0.05) is 43.3 Å². The van der Waals surface area contributed by atoms with Gasteiger partial charge in [0.2, 0.25) is 0 Å². The molecule has 0 saturated carbocycles. The summed E-state index contributed by atoms with van der Waals surface area (Å²) in [5.41, 5.74) is 0.870. The highest BCUT2D eigenvalue weighted by Crippen LogP contribution is 2.30. The molecule has 0 aliphatic carbocycles. The number of allylic oxidation sites excluding steroid dienone is 2. The number of hydrogen-bond donors (Lipinski definition) is 0. The van der Waals surface area contributed by atoms with E-state index < -0.39 is 26.7 Å². The van der Waals surface area contributed by atoms with Gasteiger partial charge < -0.3 is 0 Å². The first-order valence-electron chi connectivity index (χ1n) is 5.81. The minimum Gasteiger partial charge on any atom is -0.224 e. The lowest BCUT2D eigenvalue weighted by molar-refractivity contribution is -0.0846. The zero-order valence-electron chi connectivity index (χ0n) is 10.4. The van der Waals surface area contributed by atoms with Crippen molar-refractivity contribution < 1.29 is 21.6 Å². The van der Waals surface area contributed by atoms with Crippen LogP contribution < -0.4 is 0 Å². The Kier molecular flexibility index (Phi) is 5.17. The van der Waals surface area contributed by atoms with Gasteiger partial charge in [-0.2, -0.15) is 13.2 Å². The van der Waals surface area contributed by atoms with E-state index in [0.29, 0.717) is 6.42 Å². The molecule has 0 N–H and O–H groups in total. The van der Waals surface area contributed by atoms with E-state index in [-0.39, 0.29) is 6.42 Å². The molecule has 0 aromatic heterocycles. The van der Waals surface area contributed by atoms with Gasteiger partial charge in [-0.15, -0.1) is 0 Å². The highest BCUT2D eigenvalue weighted by atomic mass is 32.2. The highest BCUT2D eigenvalue weighted by molar-refractivity contribution is 7.95. The summed E-state index contributed by atoms with van der Waals surface area (Å²) >= 11 is 0. The van der Waals surface area contributed by atoms with E-state index in [1.54, 1.807) is 24.3 Å². The topological polar surface area (TPSA) is 34.1 Å². The van der Waals surface area contributed by atoms with Crippen molar-refractivity contribution in [3.63, 3.8) is 0 Å².